The molecule has 0 spiro atoms. The summed E-state index contributed by atoms with van der Waals surface area (Å²) in [7, 11) is 0. The zero-order chi connectivity index (χ0) is 23.2. The van der Waals surface area contributed by atoms with Crippen molar-refractivity contribution in [3.05, 3.63) is 107 Å². The zero-order valence-corrected chi connectivity index (χ0v) is 18.4. The molecule has 1 heterocycles. The fourth-order valence-corrected chi connectivity index (χ4v) is 3.86. The van der Waals surface area contributed by atoms with Crippen molar-refractivity contribution in [3.63, 3.8) is 0 Å². The van der Waals surface area contributed by atoms with Gasteiger partial charge in [-0.05, 0) is 60.9 Å². The van der Waals surface area contributed by atoms with Crippen LogP contribution in [0, 0.1) is 6.92 Å². The number of aromatic nitrogens is 1. The van der Waals surface area contributed by atoms with Crippen molar-refractivity contribution in [3.8, 4) is 5.75 Å². The van der Waals surface area contributed by atoms with Gasteiger partial charge in [-0.3, -0.25) is 14.2 Å². The third kappa shape index (κ3) is 5.21. The van der Waals surface area contributed by atoms with Crippen LogP contribution in [0.25, 0.3) is 17.0 Å². The van der Waals surface area contributed by atoms with Gasteiger partial charge in [-0.15, -0.1) is 0 Å². The van der Waals surface area contributed by atoms with E-state index in [1.165, 1.54) is 0 Å². The fraction of sp³-hybridized carbons (Fsp3) is 0.143. The third-order valence-electron chi connectivity index (χ3n) is 5.43. The molecule has 166 valence electrons. The maximum atomic E-state index is 13.2. The van der Waals surface area contributed by atoms with Crippen LogP contribution in [0.5, 0.6) is 5.75 Å². The Bertz CT molecular complexity index is 1300. The average molecular weight is 440 g/mol. The molecule has 0 aliphatic carbocycles. The quantitative estimate of drug-likeness (QED) is 0.355. The van der Waals surface area contributed by atoms with Gasteiger partial charge in [0.05, 0.1) is 18.5 Å². The van der Waals surface area contributed by atoms with Gasteiger partial charge in [-0.2, -0.15) is 0 Å². The summed E-state index contributed by atoms with van der Waals surface area (Å²) in [5.41, 5.74) is 3.86. The van der Waals surface area contributed by atoms with Crippen molar-refractivity contribution >= 4 is 28.9 Å². The van der Waals surface area contributed by atoms with E-state index in [9.17, 15) is 14.7 Å². The number of ether oxygens (including phenoxy) is 1. The summed E-state index contributed by atoms with van der Waals surface area (Å²) in [6.45, 7) is 2.40. The lowest BCUT2D eigenvalue weighted by molar-refractivity contribution is -0.136. The molecule has 0 aliphatic heterocycles. The lowest BCUT2D eigenvalue weighted by Gasteiger charge is -2.09. The second kappa shape index (κ2) is 10.0. The van der Waals surface area contributed by atoms with Gasteiger partial charge in [-0.1, -0.05) is 54.6 Å². The number of fused-ring (bicyclic) bond motifs is 1. The molecule has 0 saturated carbocycles. The molecule has 0 radical (unpaired) electrons. The number of hydrogen-bond donors (Lipinski definition) is 1. The smallest absolute Gasteiger partial charge is 0.307 e. The summed E-state index contributed by atoms with van der Waals surface area (Å²) in [5.74, 6) is -0.352. The molecule has 4 aromatic rings. The van der Waals surface area contributed by atoms with Crippen LogP contribution in [-0.4, -0.2) is 28.2 Å². The summed E-state index contributed by atoms with van der Waals surface area (Å²) in [6, 6.07) is 24.5. The lowest BCUT2D eigenvalue weighted by Crippen LogP contribution is -2.13. The second-order valence-electron chi connectivity index (χ2n) is 7.82. The summed E-state index contributed by atoms with van der Waals surface area (Å²) < 4.78 is 7.42. The van der Waals surface area contributed by atoms with E-state index in [-0.39, 0.29) is 12.3 Å². The number of aryl methyl sites for hydroxylation is 1. The number of carbonyl (C=O) groups excluding carboxylic acids is 1. The van der Waals surface area contributed by atoms with Gasteiger partial charge in [0.25, 0.3) is 5.91 Å². The highest BCUT2D eigenvalue weighted by Gasteiger charge is 2.17. The normalized spacial score (nSPS) is 11.2. The van der Waals surface area contributed by atoms with E-state index in [2.05, 4.69) is 24.3 Å². The number of rotatable bonds is 8. The van der Waals surface area contributed by atoms with Gasteiger partial charge in [0.2, 0.25) is 0 Å². The van der Waals surface area contributed by atoms with E-state index in [1.807, 2.05) is 37.3 Å². The van der Waals surface area contributed by atoms with E-state index in [4.69, 9.17) is 4.74 Å². The molecule has 1 N–H and O–H groups in total. The first-order valence-electron chi connectivity index (χ1n) is 10.8. The van der Waals surface area contributed by atoms with E-state index >= 15 is 0 Å². The van der Waals surface area contributed by atoms with Crippen LogP contribution in [0.1, 0.15) is 33.6 Å². The third-order valence-corrected chi connectivity index (χ3v) is 5.43. The molecule has 33 heavy (non-hydrogen) atoms. The first kappa shape index (κ1) is 22.1. The standard InChI is InChI=1S/C28H25NO4/c1-20-18-25-23(19-27(30)31)11-7-12-26(25)29(20)28(32)22-13-15-24(16-14-22)33-17-6-5-10-21-8-3-2-4-9-21/h2-5,7-16,18H,6,17,19H2,1H3,(H,30,31). The molecule has 0 aliphatic rings. The van der Waals surface area contributed by atoms with Crippen LogP contribution in [0.15, 0.2) is 84.9 Å². The predicted molar refractivity (Wildman–Crippen MR) is 130 cm³/mol. The van der Waals surface area contributed by atoms with Crippen molar-refractivity contribution in [1.82, 2.24) is 4.57 Å². The van der Waals surface area contributed by atoms with E-state index < -0.39 is 5.97 Å². The molecule has 0 unspecified atom stereocenters. The summed E-state index contributed by atoms with van der Waals surface area (Å²) in [6.07, 6.45) is 4.84. The molecule has 0 fully saturated rings. The highest BCUT2D eigenvalue weighted by molar-refractivity contribution is 6.04. The topological polar surface area (TPSA) is 68.5 Å². The van der Waals surface area contributed by atoms with Crippen LogP contribution in [0.4, 0.5) is 0 Å². The minimum atomic E-state index is -0.898. The summed E-state index contributed by atoms with van der Waals surface area (Å²) in [4.78, 5) is 24.4. The zero-order valence-electron chi connectivity index (χ0n) is 18.4. The maximum Gasteiger partial charge on any atom is 0.307 e. The minimum Gasteiger partial charge on any atom is -0.493 e. The highest BCUT2D eigenvalue weighted by atomic mass is 16.5. The first-order chi connectivity index (χ1) is 16.0. The molecular formula is C28H25NO4. The van der Waals surface area contributed by atoms with Gasteiger partial charge in [-0.25, -0.2) is 0 Å². The molecule has 0 saturated heterocycles. The Morgan fingerprint density at radius 1 is 0.970 bits per heavy atom. The lowest BCUT2D eigenvalue weighted by atomic mass is 10.1. The molecule has 0 bridgehead atoms. The van der Waals surface area contributed by atoms with Gasteiger partial charge in [0.1, 0.15) is 5.75 Å². The number of carbonyl (C=O) groups is 2. The molecule has 1 aromatic heterocycles. The van der Waals surface area contributed by atoms with Gasteiger partial charge in [0.15, 0.2) is 0 Å². The summed E-state index contributed by atoms with van der Waals surface area (Å²) >= 11 is 0. The number of carboxylic acids is 1. The van der Waals surface area contributed by atoms with Gasteiger partial charge >= 0.3 is 5.97 Å². The molecular weight excluding hydrogens is 414 g/mol. The van der Waals surface area contributed by atoms with Crippen molar-refractivity contribution in [1.29, 1.82) is 0 Å². The molecule has 3 aromatic carbocycles. The van der Waals surface area contributed by atoms with Crippen LogP contribution < -0.4 is 4.74 Å². The minimum absolute atomic E-state index is 0.0818. The Morgan fingerprint density at radius 2 is 1.73 bits per heavy atom. The van der Waals surface area contributed by atoms with E-state index in [0.29, 0.717) is 29.0 Å². The first-order valence-corrected chi connectivity index (χ1v) is 10.8. The number of carboxylic acid groups (broad SMARTS) is 1. The van der Waals surface area contributed by atoms with Gasteiger partial charge in [0, 0.05) is 16.6 Å². The Labute approximate surface area is 192 Å². The number of nitrogens with zero attached hydrogens (tertiary/aromatic N) is 1. The van der Waals surface area contributed by atoms with Crippen molar-refractivity contribution in [2.45, 2.75) is 19.8 Å². The number of benzene rings is 3. The van der Waals surface area contributed by atoms with Crippen molar-refractivity contribution < 1.29 is 19.4 Å². The Morgan fingerprint density at radius 3 is 2.45 bits per heavy atom. The number of aliphatic carboxylic acids is 1. The number of hydrogen-bond acceptors (Lipinski definition) is 3. The predicted octanol–water partition coefficient (Wildman–Crippen LogP) is 5.75. The Kier molecular flexibility index (Phi) is 6.69. The molecule has 0 amide bonds. The van der Waals surface area contributed by atoms with Crippen molar-refractivity contribution in [2.24, 2.45) is 0 Å². The average Bonchev–Trinajstić information content (AvgIpc) is 3.16. The Hall–Kier alpha value is -4.12. The second-order valence-corrected chi connectivity index (χ2v) is 7.82. The molecule has 0 atom stereocenters. The summed E-state index contributed by atoms with van der Waals surface area (Å²) in [5, 5.41) is 9.96. The van der Waals surface area contributed by atoms with Gasteiger partial charge < -0.3 is 9.84 Å². The monoisotopic (exact) mass is 439 g/mol. The SMILES string of the molecule is Cc1cc2c(CC(=O)O)cccc2n1C(=O)c1ccc(OCCC=Cc2ccccc2)cc1. The van der Waals surface area contributed by atoms with E-state index in [0.717, 1.165) is 23.1 Å². The fourth-order valence-electron chi connectivity index (χ4n) is 3.86. The van der Waals surface area contributed by atoms with Crippen LogP contribution in [0.2, 0.25) is 0 Å². The molecule has 5 nitrogen and oxygen atoms in total. The Balaban J connectivity index is 1.43. The molecule has 4 rings (SSSR count). The van der Waals surface area contributed by atoms with Crippen LogP contribution in [-0.2, 0) is 11.2 Å². The highest BCUT2D eigenvalue weighted by Crippen LogP contribution is 2.25. The van der Waals surface area contributed by atoms with Crippen LogP contribution in [0.3, 0.4) is 0 Å². The van der Waals surface area contributed by atoms with Crippen LogP contribution >= 0.6 is 0 Å². The largest absolute Gasteiger partial charge is 0.493 e. The maximum absolute atomic E-state index is 13.2. The van der Waals surface area contributed by atoms with Crippen molar-refractivity contribution in [2.75, 3.05) is 6.61 Å². The van der Waals surface area contributed by atoms with E-state index in [1.54, 1.807) is 41.0 Å². The molecule has 5 heteroatoms.